The number of carbonyl (C=O) groups is 2. The van der Waals surface area contributed by atoms with Crippen LogP contribution in [0.15, 0.2) is 51.8 Å². The Hall–Kier alpha value is -1.63. The Morgan fingerprint density at radius 3 is 2.67 bits per heavy atom. The van der Waals surface area contributed by atoms with E-state index >= 15 is 0 Å². The molecule has 0 spiro atoms. The Morgan fingerprint density at radius 1 is 1.21 bits per heavy atom. The first-order valence-electron chi connectivity index (χ1n) is 6.89. The van der Waals surface area contributed by atoms with Crippen LogP contribution < -0.4 is 0 Å². The molecule has 0 radical (unpaired) electrons. The maximum atomic E-state index is 13.9. The van der Waals surface area contributed by atoms with Crippen LogP contribution in [0.2, 0.25) is 5.02 Å². The van der Waals surface area contributed by atoms with Gasteiger partial charge in [-0.1, -0.05) is 45.7 Å². The zero-order valence-corrected chi connectivity index (χ0v) is 15.3. The number of hydrogen-bond acceptors (Lipinski definition) is 3. The van der Waals surface area contributed by atoms with Crippen molar-refractivity contribution in [3.05, 3.63) is 73.8 Å². The standard InChI is InChI=1S/C17H10BrClFNO2S/c18-11-4-1-3-10(7-11)8-15-16(22)21(17(23)24-15)9-12-13(19)5-2-6-14(12)20/h1-8H,9H2/b15-8-. The molecule has 0 aliphatic carbocycles. The Labute approximate surface area is 155 Å². The van der Waals surface area contributed by atoms with Crippen molar-refractivity contribution in [2.75, 3.05) is 0 Å². The van der Waals surface area contributed by atoms with Gasteiger partial charge in [0.05, 0.1) is 11.4 Å². The molecule has 0 unspecified atom stereocenters. The second-order valence-corrected chi connectivity index (χ2v) is 7.34. The fourth-order valence-electron chi connectivity index (χ4n) is 2.23. The SMILES string of the molecule is O=C1S/C(=C\c2cccc(Br)c2)C(=O)N1Cc1c(F)cccc1Cl. The van der Waals surface area contributed by atoms with E-state index in [1.807, 2.05) is 24.3 Å². The first-order valence-corrected chi connectivity index (χ1v) is 8.88. The van der Waals surface area contributed by atoms with E-state index in [2.05, 4.69) is 15.9 Å². The fourth-order valence-corrected chi connectivity index (χ4v) is 3.70. The molecule has 1 fully saturated rings. The molecule has 0 N–H and O–H groups in total. The Balaban J connectivity index is 1.87. The number of rotatable bonds is 3. The summed E-state index contributed by atoms with van der Waals surface area (Å²) in [5.41, 5.74) is 0.920. The molecule has 3 nitrogen and oxygen atoms in total. The minimum atomic E-state index is -0.544. The third-order valence-electron chi connectivity index (χ3n) is 3.40. The second-order valence-electron chi connectivity index (χ2n) is 5.02. The number of imide groups is 1. The lowest BCUT2D eigenvalue weighted by Gasteiger charge is -2.14. The topological polar surface area (TPSA) is 37.4 Å². The van der Waals surface area contributed by atoms with E-state index in [9.17, 15) is 14.0 Å². The maximum absolute atomic E-state index is 13.9. The van der Waals surface area contributed by atoms with E-state index in [1.165, 1.54) is 18.2 Å². The van der Waals surface area contributed by atoms with Gasteiger partial charge in [-0.25, -0.2) is 4.39 Å². The third kappa shape index (κ3) is 3.55. The zero-order valence-electron chi connectivity index (χ0n) is 12.1. The van der Waals surface area contributed by atoms with Gasteiger partial charge in [0.1, 0.15) is 5.82 Å². The summed E-state index contributed by atoms with van der Waals surface area (Å²) in [6, 6.07) is 11.6. The Morgan fingerprint density at radius 2 is 1.96 bits per heavy atom. The van der Waals surface area contributed by atoms with Gasteiger partial charge in [0.15, 0.2) is 0 Å². The number of hydrogen-bond donors (Lipinski definition) is 0. The summed E-state index contributed by atoms with van der Waals surface area (Å²) in [7, 11) is 0. The average molecular weight is 427 g/mol. The summed E-state index contributed by atoms with van der Waals surface area (Å²) in [5, 5.41) is -0.259. The molecule has 2 aromatic rings. The molecule has 0 saturated carbocycles. The first-order chi connectivity index (χ1) is 11.5. The van der Waals surface area contributed by atoms with E-state index in [0.717, 1.165) is 26.7 Å². The molecular formula is C17H10BrClFNO2S. The molecule has 0 atom stereocenters. The van der Waals surface area contributed by atoms with Crippen LogP contribution in [0.1, 0.15) is 11.1 Å². The summed E-state index contributed by atoms with van der Waals surface area (Å²) < 4.78 is 14.8. The number of thioether (sulfide) groups is 1. The van der Waals surface area contributed by atoms with Gasteiger partial charge in [-0.3, -0.25) is 14.5 Å². The largest absolute Gasteiger partial charge is 0.293 e. The van der Waals surface area contributed by atoms with Crippen LogP contribution in [-0.2, 0) is 11.3 Å². The van der Waals surface area contributed by atoms with Crippen molar-refractivity contribution in [1.29, 1.82) is 0 Å². The van der Waals surface area contributed by atoms with E-state index < -0.39 is 17.0 Å². The molecule has 1 saturated heterocycles. The van der Waals surface area contributed by atoms with Crippen LogP contribution in [0.5, 0.6) is 0 Å². The number of nitrogens with zero attached hydrogens (tertiary/aromatic N) is 1. The molecule has 7 heteroatoms. The van der Waals surface area contributed by atoms with Gasteiger partial charge in [0, 0.05) is 15.1 Å². The zero-order chi connectivity index (χ0) is 17.3. The van der Waals surface area contributed by atoms with E-state index in [4.69, 9.17) is 11.6 Å². The summed E-state index contributed by atoms with van der Waals surface area (Å²) in [5.74, 6) is -0.998. The van der Waals surface area contributed by atoms with Gasteiger partial charge in [-0.05, 0) is 47.7 Å². The van der Waals surface area contributed by atoms with Gasteiger partial charge < -0.3 is 0 Å². The Bertz CT molecular complexity index is 851. The van der Waals surface area contributed by atoms with Gasteiger partial charge in [0.2, 0.25) is 0 Å². The predicted molar refractivity (Wildman–Crippen MR) is 97.1 cm³/mol. The molecule has 1 aliphatic rings. The smallest absolute Gasteiger partial charge is 0.268 e. The van der Waals surface area contributed by atoms with Gasteiger partial charge in [0.25, 0.3) is 11.1 Å². The highest BCUT2D eigenvalue weighted by Crippen LogP contribution is 2.34. The molecule has 0 bridgehead atoms. The van der Waals surface area contributed by atoms with E-state index in [-0.39, 0.29) is 17.1 Å². The lowest BCUT2D eigenvalue weighted by Crippen LogP contribution is -2.28. The third-order valence-corrected chi connectivity index (χ3v) is 5.15. The monoisotopic (exact) mass is 425 g/mol. The first kappa shape index (κ1) is 17.2. The van der Waals surface area contributed by atoms with Crippen molar-refractivity contribution in [3.63, 3.8) is 0 Å². The highest BCUT2D eigenvalue weighted by atomic mass is 79.9. The summed E-state index contributed by atoms with van der Waals surface area (Å²) in [4.78, 5) is 25.9. The maximum Gasteiger partial charge on any atom is 0.293 e. The lowest BCUT2D eigenvalue weighted by molar-refractivity contribution is -0.123. The minimum Gasteiger partial charge on any atom is -0.268 e. The highest BCUT2D eigenvalue weighted by molar-refractivity contribution is 9.10. The van der Waals surface area contributed by atoms with Crippen molar-refractivity contribution >= 4 is 56.5 Å². The molecule has 24 heavy (non-hydrogen) atoms. The summed E-state index contributed by atoms with van der Waals surface area (Å²) >= 11 is 10.2. The minimum absolute atomic E-state index is 0.130. The second kappa shape index (κ2) is 7.09. The average Bonchev–Trinajstić information content (AvgIpc) is 2.78. The van der Waals surface area contributed by atoms with Crippen LogP contribution in [0, 0.1) is 5.82 Å². The molecule has 1 heterocycles. The van der Waals surface area contributed by atoms with Crippen LogP contribution in [-0.4, -0.2) is 16.0 Å². The molecular weight excluding hydrogens is 417 g/mol. The van der Waals surface area contributed by atoms with Gasteiger partial charge >= 0.3 is 0 Å². The molecule has 122 valence electrons. The summed E-state index contributed by atoms with van der Waals surface area (Å²) in [6.07, 6.45) is 1.64. The van der Waals surface area contributed by atoms with Crippen LogP contribution >= 0.6 is 39.3 Å². The van der Waals surface area contributed by atoms with Crippen LogP contribution in [0.3, 0.4) is 0 Å². The van der Waals surface area contributed by atoms with Crippen LogP contribution in [0.4, 0.5) is 9.18 Å². The Kier molecular flexibility index (Phi) is 5.08. The number of amides is 2. The summed E-state index contributed by atoms with van der Waals surface area (Å²) in [6.45, 7) is -0.188. The highest BCUT2D eigenvalue weighted by Gasteiger charge is 2.35. The van der Waals surface area contributed by atoms with Crippen molar-refractivity contribution < 1.29 is 14.0 Å². The van der Waals surface area contributed by atoms with Crippen molar-refractivity contribution in [2.24, 2.45) is 0 Å². The van der Waals surface area contributed by atoms with Crippen LogP contribution in [0.25, 0.3) is 6.08 Å². The van der Waals surface area contributed by atoms with Gasteiger partial charge in [-0.2, -0.15) is 0 Å². The quantitative estimate of drug-likeness (QED) is 0.610. The van der Waals surface area contributed by atoms with Crippen molar-refractivity contribution in [3.8, 4) is 0 Å². The normalized spacial score (nSPS) is 16.3. The van der Waals surface area contributed by atoms with Crippen molar-refractivity contribution in [2.45, 2.75) is 6.54 Å². The number of halogens is 3. The van der Waals surface area contributed by atoms with E-state index in [1.54, 1.807) is 6.08 Å². The fraction of sp³-hybridized carbons (Fsp3) is 0.0588. The molecule has 3 rings (SSSR count). The number of benzene rings is 2. The molecule has 2 amide bonds. The number of carbonyl (C=O) groups excluding carboxylic acids is 2. The molecule has 1 aliphatic heterocycles. The van der Waals surface area contributed by atoms with Crippen molar-refractivity contribution in [1.82, 2.24) is 4.90 Å². The molecule has 2 aromatic carbocycles. The predicted octanol–water partition coefficient (Wildman–Crippen LogP) is 5.48. The van der Waals surface area contributed by atoms with Gasteiger partial charge in [-0.15, -0.1) is 0 Å². The lowest BCUT2D eigenvalue weighted by atomic mass is 10.2. The molecule has 0 aromatic heterocycles. The van der Waals surface area contributed by atoms with E-state index in [0.29, 0.717) is 4.91 Å².